The van der Waals surface area contributed by atoms with Gasteiger partial charge in [0.2, 0.25) is 0 Å². The Balaban J connectivity index is 0.000000601. The van der Waals surface area contributed by atoms with Crippen molar-refractivity contribution in [3.63, 3.8) is 0 Å². The maximum absolute atomic E-state index is 9.00. The van der Waals surface area contributed by atoms with Gasteiger partial charge in [-0.15, -0.1) is 0 Å². The van der Waals surface area contributed by atoms with Crippen molar-refractivity contribution in [3.05, 3.63) is 42.2 Å². The summed E-state index contributed by atoms with van der Waals surface area (Å²) in [5.74, 6) is 0.551. The van der Waals surface area contributed by atoms with E-state index in [4.69, 9.17) is 29.1 Å². The van der Waals surface area contributed by atoms with Crippen LogP contribution in [0.4, 0.5) is 5.13 Å². The van der Waals surface area contributed by atoms with Gasteiger partial charge in [0.15, 0.2) is 16.6 Å². The largest absolute Gasteiger partial charge is 0.493 e. The third-order valence-corrected chi connectivity index (χ3v) is 6.14. The van der Waals surface area contributed by atoms with Crippen molar-refractivity contribution in [1.82, 2.24) is 14.5 Å². The van der Waals surface area contributed by atoms with E-state index in [2.05, 4.69) is 33.1 Å². The Hall–Kier alpha value is -3.37. The second-order valence-corrected chi connectivity index (χ2v) is 8.64. The topological polar surface area (TPSA) is 108 Å². The number of anilines is 1. The molecule has 1 aliphatic rings. The average Bonchev–Trinajstić information content (AvgIpc) is 3.52. The molecule has 1 saturated heterocycles. The van der Waals surface area contributed by atoms with Crippen LogP contribution in [0.2, 0.25) is 0 Å². The number of carboxylic acid groups (broad SMARTS) is 1. The molecule has 1 atom stereocenters. The van der Waals surface area contributed by atoms with Crippen LogP contribution in [-0.2, 0) is 16.1 Å². The minimum Gasteiger partial charge on any atom is -0.493 e. The molecule has 0 saturated carbocycles. The zero-order valence-electron chi connectivity index (χ0n) is 18.7. The molecule has 1 unspecified atom stereocenters. The Bertz CT molecular complexity index is 1260. The van der Waals surface area contributed by atoms with Crippen LogP contribution in [0.1, 0.15) is 18.9 Å². The molecule has 0 aliphatic carbocycles. The smallest absolute Gasteiger partial charge is 0.300 e. The number of aromatic nitrogens is 3. The predicted molar refractivity (Wildman–Crippen MR) is 128 cm³/mol. The Morgan fingerprint density at radius 3 is 2.70 bits per heavy atom. The summed E-state index contributed by atoms with van der Waals surface area (Å²) in [4.78, 5) is 18.2. The van der Waals surface area contributed by atoms with Crippen LogP contribution in [0.5, 0.6) is 11.5 Å². The van der Waals surface area contributed by atoms with Crippen LogP contribution in [0, 0.1) is 0 Å². The van der Waals surface area contributed by atoms with Gasteiger partial charge < -0.3 is 29.2 Å². The van der Waals surface area contributed by atoms with Gasteiger partial charge in [-0.2, -0.15) is 0 Å². The summed E-state index contributed by atoms with van der Waals surface area (Å²) in [5, 5.41) is 11.9. The van der Waals surface area contributed by atoms with E-state index in [1.807, 2.05) is 18.5 Å². The van der Waals surface area contributed by atoms with E-state index in [1.54, 1.807) is 25.6 Å². The van der Waals surface area contributed by atoms with Gasteiger partial charge in [-0.3, -0.25) is 4.79 Å². The second kappa shape index (κ2) is 10.1. The van der Waals surface area contributed by atoms with Gasteiger partial charge in [0.05, 0.1) is 54.4 Å². The van der Waals surface area contributed by atoms with Crippen molar-refractivity contribution < 1.29 is 24.1 Å². The summed E-state index contributed by atoms with van der Waals surface area (Å²) in [5.41, 5.74) is 4.11. The standard InChI is InChI=1S/C21H22N4O3S.C2H4O2/c1-26-18-8-16-17(9-19(18)27-2)25(12-22-16)10-13-3-4-15-20(7-13)29-21(24-15)23-14-5-6-28-11-14;1-2(3)4/h3-4,7-9,12,14H,5-6,10-11H2,1-2H3,(H,23,24);1H3,(H,3,4). The van der Waals surface area contributed by atoms with Crippen molar-refractivity contribution in [1.29, 1.82) is 0 Å². The first-order chi connectivity index (χ1) is 16.0. The molecule has 174 valence electrons. The number of imidazole rings is 1. The first kappa shape index (κ1) is 22.8. The lowest BCUT2D eigenvalue weighted by Crippen LogP contribution is -2.18. The van der Waals surface area contributed by atoms with Crippen molar-refractivity contribution in [2.75, 3.05) is 32.8 Å². The molecule has 1 fully saturated rings. The van der Waals surface area contributed by atoms with Crippen molar-refractivity contribution in [2.45, 2.75) is 25.9 Å². The van der Waals surface area contributed by atoms with Crippen LogP contribution in [0.25, 0.3) is 21.3 Å². The number of nitrogens with zero attached hydrogens (tertiary/aromatic N) is 3. The molecule has 2 aromatic heterocycles. The quantitative estimate of drug-likeness (QED) is 0.435. The third kappa shape index (κ3) is 5.35. The molecule has 0 radical (unpaired) electrons. The summed E-state index contributed by atoms with van der Waals surface area (Å²) in [6.07, 6.45) is 2.89. The van der Waals surface area contributed by atoms with Gasteiger partial charge in [-0.1, -0.05) is 17.4 Å². The lowest BCUT2D eigenvalue weighted by molar-refractivity contribution is -0.134. The number of aliphatic carboxylic acids is 1. The Morgan fingerprint density at radius 1 is 1.24 bits per heavy atom. The number of carboxylic acids is 1. The lowest BCUT2D eigenvalue weighted by Gasteiger charge is -2.09. The highest BCUT2D eigenvalue weighted by atomic mass is 32.1. The van der Waals surface area contributed by atoms with Crippen molar-refractivity contribution in [2.24, 2.45) is 0 Å². The fourth-order valence-electron chi connectivity index (χ4n) is 3.66. The lowest BCUT2D eigenvalue weighted by atomic mass is 10.2. The molecule has 33 heavy (non-hydrogen) atoms. The number of carbonyl (C=O) groups is 1. The molecule has 3 heterocycles. The van der Waals surface area contributed by atoms with Gasteiger partial charge in [-0.05, 0) is 24.1 Å². The number of fused-ring (bicyclic) bond motifs is 2. The summed E-state index contributed by atoms with van der Waals surface area (Å²) in [7, 11) is 3.28. The Labute approximate surface area is 194 Å². The monoisotopic (exact) mass is 470 g/mol. The molecular formula is C23H26N4O5S. The number of hydrogen-bond donors (Lipinski definition) is 2. The molecule has 2 N–H and O–H groups in total. The first-order valence-corrected chi connectivity index (χ1v) is 11.3. The zero-order valence-corrected chi connectivity index (χ0v) is 19.5. The molecule has 2 aromatic carbocycles. The van der Waals surface area contributed by atoms with E-state index in [0.29, 0.717) is 17.5 Å². The van der Waals surface area contributed by atoms with E-state index < -0.39 is 5.97 Å². The van der Waals surface area contributed by atoms with Crippen LogP contribution >= 0.6 is 11.3 Å². The number of ether oxygens (including phenoxy) is 3. The Kier molecular flexibility index (Phi) is 6.95. The molecular weight excluding hydrogens is 444 g/mol. The molecule has 0 amide bonds. The highest BCUT2D eigenvalue weighted by molar-refractivity contribution is 7.22. The Morgan fingerprint density at radius 2 is 2.00 bits per heavy atom. The van der Waals surface area contributed by atoms with Gasteiger partial charge >= 0.3 is 0 Å². The fraction of sp³-hybridized carbons (Fsp3) is 0.348. The molecule has 5 rings (SSSR count). The van der Waals surface area contributed by atoms with E-state index in [1.165, 1.54) is 10.3 Å². The maximum atomic E-state index is 9.00. The number of thiazole rings is 1. The molecule has 4 aromatic rings. The van der Waals surface area contributed by atoms with E-state index in [0.717, 1.165) is 54.8 Å². The summed E-state index contributed by atoms with van der Waals surface area (Å²) in [6, 6.07) is 10.6. The minimum atomic E-state index is -0.833. The van der Waals surface area contributed by atoms with Crippen LogP contribution < -0.4 is 14.8 Å². The molecule has 0 bridgehead atoms. The van der Waals surface area contributed by atoms with Gasteiger partial charge in [0.1, 0.15) is 0 Å². The second-order valence-electron chi connectivity index (χ2n) is 7.61. The highest BCUT2D eigenvalue weighted by Gasteiger charge is 2.17. The summed E-state index contributed by atoms with van der Waals surface area (Å²) < 4.78 is 19.6. The fourth-order valence-corrected chi connectivity index (χ4v) is 4.67. The minimum absolute atomic E-state index is 0.360. The van der Waals surface area contributed by atoms with Gasteiger partial charge in [0.25, 0.3) is 5.97 Å². The van der Waals surface area contributed by atoms with Gasteiger partial charge in [0, 0.05) is 32.2 Å². The zero-order chi connectivity index (χ0) is 23.4. The van der Waals surface area contributed by atoms with Crippen LogP contribution in [0.15, 0.2) is 36.7 Å². The van der Waals surface area contributed by atoms with Crippen molar-refractivity contribution in [3.8, 4) is 11.5 Å². The third-order valence-electron chi connectivity index (χ3n) is 5.19. The summed E-state index contributed by atoms with van der Waals surface area (Å²) >= 11 is 1.69. The number of hydrogen-bond acceptors (Lipinski definition) is 8. The molecule has 0 spiro atoms. The number of benzene rings is 2. The van der Waals surface area contributed by atoms with E-state index in [9.17, 15) is 0 Å². The maximum Gasteiger partial charge on any atom is 0.300 e. The number of nitrogens with one attached hydrogen (secondary N) is 1. The average molecular weight is 471 g/mol. The van der Waals surface area contributed by atoms with Crippen LogP contribution in [-0.4, -0.2) is 59.1 Å². The summed E-state index contributed by atoms with van der Waals surface area (Å²) in [6.45, 7) is 3.38. The van der Waals surface area contributed by atoms with E-state index >= 15 is 0 Å². The van der Waals surface area contributed by atoms with Crippen molar-refractivity contribution >= 4 is 43.7 Å². The van der Waals surface area contributed by atoms with Crippen LogP contribution in [0.3, 0.4) is 0 Å². The predicted octanol–water partition coefficient (Wildman–Crippen LogP) is 4.00. The SMILES string of the molecule is CC(=O)O.COc1cc2ncn(Cc3ccc4nc(NC5CCOC5)sc4c3)c2cc1OC. The molecule has 10 heteroatoms. The molecule has 1 aliphatic heterocycles. The molecule has 9 nitrogen and oxygen atoms in total. The normalized spacial score (nSPS) is 15.3. The van der Waals surface area contributed by atoms with E-state index in [-0.39, 0.29) is 0 Å². The number of rotatable bonds is 6. The van der Waals surface area contributed by atoms with Gasteiger partial charge in [-0.25, -0.2) is 9.97 Å². The number of methoxy groups -OCH3 is 2. The first-order valence-electron chi connectivity index (χ1n) is 10.5. The highest BCUT2D eigenvalue weighted by Crippen LogP contribution is 2.32.